The van der Waals surface area contributed by atoms with E-state index in [1.165, 1.54) is 7.05 Å². The third-order valence-electron chi connectivity index (χ3n) is 3.84. The van der Waals surface area contributed by atoms with Gasteiger partial charge in [0.2, 0.25) is 9.63 Å². The zero-order chi connectivity index (χ0) is 19.6. The molecule has 1 atom stereocenters. The van der Waals surface area contributed by atoms with Crippen LogP contribution in [-0.2, 0) is 4.79 Å². The predicted octanol–water partition coefficient (Wildman–Crippen LogP) is 4.29. The summed E-state index contributed by atoms with van der Waals surface area (Å²) in [6.07, 6.45) is -1.09. The van der Waals surface area contributed by atoms with E-state index in [4.69, 9.17) is 34.8 Å². The summed E-state index contributed by atoms with van der Waals surface area (Å²) in [5.74, 6) is -0.716. The average Bonchev–Trinajstić information content (AvgIpc) is 2.85. The van der Waals surface area contributed by atoms with E-state index in [0.717, 1.165) is 9.80 Å². The molecule has 2 aromatic rings. The molecule has 0 radical (unpaired) electrons. The van der Waals surface area contributed by atoms with Crippen LogP contribution in [0.2, 0.25) is 0 Å². The van der Waals surface area contributed by atoms with Crippen molar-refractivity contribution in [1.82, 2.24) is 4.90 Å². The van der Waals surface area contributed by atoms with E-state index >= 15 is 0 Å². The Hall–Kier alpha value is -2.28. The smallest absolute Gasteiger partial charge is 0.337 e. The molecule has 2 aromatic carbocycles. The highest BCUT2D eigenvalue weighted by molar-refractivity contribution is 6.68. The number of carbonyl (C=O) groups excluding carboxylic acids is 2. The summed E-state index contributed by atoms with van der Waals surface area (Å²) in [4.78, 5) is 31.8. The summed E-state index contributed by atoms with van der Waals surface area (Å²) in [7, 11) is 1.44. The van der Waals surface area contributed by atoms with E-state index in [0.29, 0.717) is 11.4 Å². The lowest BCUT2D eigenvalue weighted by molar-refractivity contribution is -0.111. The normalized spacial score (nSPS) is 17.6. The van der Waals surface area contributed by atoms with Crippen molar-refractivity contribution >= 4 is 64.0 Å². The molecule has 1 aliphatic rings. The molecule has 0 aliphatic carbocycles. The van der Waals surface area contributed by atoms with Gasteiger partial charge in [-0.1, -0.05) is 71.2 Å². The van der Waals surface area contributed by atoms with E-state index < -0.39 is 21.9 Å². The van der Waals surface area contributed by atoms with Gasteiger partial charge < -0.3 is 5.32 Å². The molecule has 1 unspecified atom stereocenters. The summed E-state index contributed by atoms with van der Waals surface area (Å²) in [5, 5.41) is 2.96. The highest BCUT2D eigenvalue weighted by Gasteiger charge is 2.43. The number of amidine groups is 1. The molecule has 1 N–H and O–H groups in total. The SMILES string of the molecule is CN1C(=O)N(c2ccccc2)C(=O)/C1=N\C(Nc1ccccc1)C(Cl)(Cl)Cl. The molecule has 0 aromatic heterocycles. The number of imide groups is 1. The van der Waals surface area contributed by atoms with E-state index in [-0.39, 0.29) is 5.84 Å². The van der Waals surface area contributed by atoms with Gasteiger partial charge in [-0.3, -0.25) is 9.69 Å². The van der Waals surface area contributed by atoms with Crippen molar-refractivity contribution < 1.29 is 9.59 Å². The fourth-order valence-electron chi connectivity index (χ4n) is 2.52. The third-order valence-corrected chi connectivity index (χ3v) is 4.46. The van der Waals surface area contributed by atoms with Crippen LogP contribution in [0.15, 0.2) is 65.7 Å². The van der Waals surface area contributed by atoms with E-state index in [1.807, 2.05) is 6.07 Å². The zero-order valence-corrected chi connectivity index (χ0v) is 16.4. The van der Waals surface area contributed by atoms with Crippen molar-refractivity contribution in [3.8, 4) is 0 Å². The Kier molecular flexibility index (Phi) is 5.60. The number of likely N-dealkylation sites (N-methyl/N-ethyl adjacent to an activating group) is 1. The minimum Gasteiger partial charge on any atom is -0.360 e. The number of carbonyl (C=O) groups is 2. The Morgan fingerprint density at radius 2 is 1.52 bits per heavy atom. The van der Waals surface area contributed by atoms with Crippen LogP contribution >= 0.6 is 34.8 Å². The maximum Gasteiger partial charge on any atom is 0.337 e. The van der Waals surface area contributed by atoms with E-state index in [9.17, 15) is 9.59 Å². The molecule has 1 heterocycles. The number of halogens is 3. The standard InChI is InChI=1S/C18H15Cl3N4O2/c1-24-14(15(26)25(17(24)27)13-10-6-3-7-11-13)23-16(18(19,20)21)22-12-8-4-2-5-9-12/h2-11,16,22H,1H3/b23-14+. The predicted molar refractivity (Wildman–Crippen MR) is 109 cm³/mol. The molecular formula is C18H15Cl3N4O2. The summed E-state index contributed by atoms with van der Waals surface area (Å²) in [5.41, 5.74) is 1.09. The van der Waals surface area contributed by atoms with Crippen LogP contribution in [0.3, 0.4) is 0 Å². The number of para-hydroxylation sites is 2. The number of nitrogens with one attached hydrogen (secondary N) is 1. The van der Waals surface area contributed by atoms with E-state index in [1.54, 1.807) is 54.6 Å². The van der Waals surface area contributed by atoms with Crippen LogP contribution in [0.25, 0.3) is 0 Å². The average molecular weight is 426 g/mol. The quantitative estimate of drug-likeness (QED) is 0.587. The minimum atomic E-state index is -1.85. The van der Waals surface area contributed by atoms with Crippen LogP contribution in [0, 0.1) is 0 Å². The number of nitrogens with zero attached hydrogens (tertiary/aromatic N) is 3. The molecule has 9 heteroatoms. The summed E-state index contributed by atoms with van der Waals surface area (Å²) in [6, 6.07) is 17.0. The Morgan fingerprint density at radius 3 is 2.07 bits per heavy atom. The van der Waals surface area contributed by atoms with Gasteiger partial charge in [0.05, 0.1) is 5.69 Å². The summed E-state index contributed by atoms with van der Waals surface area (Å²) < 4.78 is -1.85. The Balaban J connectivity index is 1.95. The second kappa shape index (κ2) is 7.76. The van der Waals surface area contributed by atoms with Crippen LogP contribution in [-0.4, -0.2) is 39.7 Å². The third kappa shape index (κ3) is 4.18. The maximum absolute atomic E-state index is 12.8. The molecule has 0 saturated carbocycles. The maximum atomic E-state index is 12.8. The van der Waals surface area contributed by atoms with Gasteiger partial charge in [0.25, 0.3) is 0 Å². The highest BCUT2D eigenvalue weighted by atomic mass is 35.6. The number of hydrogen-bond donors (Lipinski definition) is 1. The van der Waals surface area contributed by atoms with Crippen molar-refractivity contribution in [2.45, 2.75) is 9.96 Å². The lowest BCUT2D eigenvalue weighted by Crippen LogP contribution is -2.36. The van der Waals surface area contributed by atoms with Crippen LogP contribution < -0.4 is 10.2 Å². The first-order valence-corrected chi connectivity index (χ1v) is 9.05. The van der Waals surface area contributed by atoms with Gasteiger partial charge in [-0.2, -0.15) is 0 Å². The topological polar surface area (TPSA) is 65.0 Å². The van der Waals surface area contributed by atoms with Gasteiger partial charge in [0, 0.05) is 12.7 Å². The van der Waals surface area contributed by atoms with Crippen LogP contribution in [0.1, 0.15) is 0 Å². The lowest BCUT2D eigenvalue weighted by atomic mass is 10.3. The van der Waals surface area contributed by atoms with Crippen LogP contribution in [0.5, 0.6) is 0 Å². The molecule has 6 nitrogen and oxygen atoms in total. The minimum absolute atomic E-state index is 0.122. The second-order valence-corrected chi connectivity index (χ2v) is 8.09. The monoisotopic (exact) mass is 424 g/mol. The van der Waals surface area contributed by atoms with Crippen molar-refractivity contribution in [3.63, 3.8) is 0 Å². The van der Waals surface area contributed by atoms with Gasteiger partial charge in [0.15, 0.2) is 6.17 Å². The van der Waals surface area contributed by atoms with Crippen molar-refractivity contribution in [3.05, 3.63) is 60.7 Å². The summed E-state index contributed by atoms with van der Waals surface area (Å²) >= 11 is 18.1. The number of alkyl halides is 3. The summed E-state index contributed by atoms with van der Waals surface area (Å²) in [6.45, 7) is 0. The first-order valence-electron chi connectivity index (χ1n) is 7.92. The molecule has 0 spiro atoms. The number of amides is 3. The van der Waals surface area contributed by atoms with E-state index in [2.05, 4.69) is 10.3 Å². The molecular weight excluding hydrogens is 411 g/mol. The van der Waals surface area contributed by atoms with Crippen molar-refractivity contribution in [1.29, 1.82) is 0 Å². The molecule has 140 valence electrons. The number of aliphatic imine (C=N–C) groups is 1. The van der Waals surface area contributed by atoms with Gasteiger partial charge >= 0.3 is 11.9 Å². The first kappa shape index (κ1) is 19.5. The largest absolute Gasteiger partial charge is 0.360 e. The molecule has 3 amide bonds. The molecule has 0 bridgehead atoms. The number of rotatable bonds is 4. The fourth-order valence-corrected chi connectivity index (χ4v) is 2.83. The van der Waals surface area contributed by atoms with Gasteiger partial charge in [-0.25, -0.2) is 14.7 Å². The van der Waals surface area contributed by atoms with Gasteiger partial charge in [-0.15, -0.1) is 0 Å². The van der Waals surface area contributed by atoms with Crippen molar-refractivity contribution in [2.75, 3.05) is 17.3 Å². The Labute approximate surface area is 171 Å². The molecule has 27 heavy (non-hydrogen) atoms. The van der Waals surface area contributed by atoms with Gasteiger partial charge in [-0.05, 0) is 24.3 Å². The highest BCUT2D eigenvalue weighted by Crippen LogP contribution is 2.34. The molecule has 3 rings (SSSR count). The molecule has 1 fully saturated rings. The fraction of sp³-hybridized carbons (Fsp3) is 0.167. The second-order valence-electron chi connectivity index (χ2n) is 5.72. The van der Waals surface area contributed by atoms with Crippen LogP contribution in [0.4, 0.5) is 16.2 Å². The number of benzene rings is 2. The Bertz CT molecular complexity index is 869. The van der Waals surface area contributed by atoms with Gasteiger partial charge in [0.1, 0.15) is 0 Å². The number of urea groups is 1. The lowest BCUT2D eigenvalue weighted by Gasteiger charge is -2.23. The molecule has 1 aliphatic heterocycles. The zero-order valence-electron chi connectivity index (χ0n) is 14.1. The van der Waals surface area contributed by atoms with Crippen molar-refractivity contribution in [2.24, 2.45) is 4.99 Å². The molecule has 1 saturated heterocycles. The Morgan fingerprint density at radius 1 is 0.963 bits per heavy atom. The first-order chi connectivity index (χ1) is 12.8. The number of hydrogen-bond acceptors (Lipinski definition) is 4. The number of anilines is 2.